The van der Waals surface area contributed by atoms with Gasteiger partial charge < -0.3 is 80.2 Å². The summed E-state index contributed by atoms with van der Waals surface area (Å²) < 4.78 is 25.5. The molecule has 320 valence electrons. The largest absolute Gasteiger partial charge is 0.508 e. The number of hydrogen-bond donors (Lipinski definition) is 12. The minimum atomic E-state index is -1.65. The molecule has 0 spiro atoms. The summed E-state index contributed by atoms with van der Waals surface area (Å²) in [6.07, 6.45) is -8.87. The lowest BCUT2D eigenvalue weighted by molar-refractivity contribution is -0.0171. The van der Waals surface area contributed by atoms with Gasteiger partial charge in [-0.2, -0.15) is 0 Å². The highest BCUT2D eigenvalue weighted by atomic mass is 16.5. The Morgan fingerprint density at radius 3 is 1.34 bits per heavy atom. The second-order valence-electron chi connectivity index (χ2n) is 15.5. The Morgan fingerprint density at radius 1 is 0.452 bits per heavy atom. The van der Waals surface area contributed by atoms with E-state index >= 15 is 0 Å². The van der Waals surface area contributed by atoms with Crippen LogP contribution in [0.2, 0.25) is 0 Å². The Kier molecular flexibility index (Phi) is 9.65. The zero-order chi connectivity index (χ0) is 43.9. The fourth-order valence-corrected chi connectivity index (χ4v) is 8.94. The van der Waals surface area contributed by atoms with Crippen LogP contribution in [-0.2, 0) is 6.42 Å². The summed E-state index contributed by atoms with van der Waals surface area (Å²) in [5.41, 5.74) is 1.06. The van der Waals surface area contributed by atoms with Gasteiger partial charge in [-0.15, -0.1) is 0 Å². The average Bonchev–Trinajstić information content (AvgIpc) is 3.23. The normalized spacial score (nSPS) is 23.7. The first kappa shape index (κ1) is 40.0. The molecule has 6 aromatic rings. The van der Waals surface area contributed by atoms with Gasteiger partial charge in [0, 0.05) is 58.2 Å². The Balaban J connectivity index is 1.38. The first-order chi connectivity index (χ1) is 29.6. The van der Waals surface area contributed by atoms with E-state index in [1.165, 1.54) is 79.9 Å². The summed E-state index contributed by atoms with van der Waals surface area (Å²) >= 11 is 0. The lowest BCUT2D eigenvalue weighted by atomic mass is 9.72. The van der Waals surface area contributed by atoms with Gasteiger partial charge in [0.2, 0.25) is 0 Å². The molecule has 0 bridgehead atoms. The van der Waals surface area contributed by atoms with Gasteiger partial charge in [0.05, 0.1) is 13.2 Å². The third-order valence-corrected chi connectivity index (χ3v) is 11.8. The molecular formula is C46H40O16. The van der Waals surface area contributed by atoms with Crippen LogP contribution in [0.5, 0.6) is 74.7 Å². The Labute approximate surface area is 351 Å². The van der Waals surface area contributed by atoms with Crippen LogP contribution in [0.1, 0.15) is 74.7 Å². The van der Waals surface area contributed by atoms with Gasteiger partial charge in [0.25, 0.3) is 0 Å². The lowest BCUT2D eigenvalue weighted by Crippen LogP contribution is -2.41. The van der Waals surface area contributed by atoms with Crippen molar-refractivity contribution in [1.29, 1.82) is 0 Å². The summed E-state index contributed by atoms with van der Waals surface area (Å²) in [4.78, 5) is 0. The second kappa shape index (κ2) is 14.9. The van der Waals surface area contributed by atoms with E-state index in [2.05, 4.69) is 0 Å². The molecule has 0 aromatic heterocycles. The van der Waals surface area contributed by atoms with E-state index < -0.39 is 83.0 Å². The van der Waals surface area contributed by atoms with Crippen LogP contribution in [0.15, 0.2) is 91.0 Å². The van der Waals surface area contributed by atoms with Crippen LogP contribution in [0.3, 0.4) is 0 Å². The monoisotopic (exact) mass is 848 g/mol. The Morgan fingerprint density at radius 2 is 0.887 bits per heavy atom. The molecule has 12 N–H and O–H groups in total. The number of aliphatic hydroxyl groups excluding tert-OH is 3. The number of phenols is 9. The second-order valence-corrected chi connectivity index (χ2v) is 15.5. The predicted molar refractivity (Wildman–Crippen MR) is 216 cm³/mol. The summed E-state index contributed by atoms with van der Waals surface area (Å²) in [5.74, 6) is -6.42. The van der Waals surface area contributed by atoms with Gasteiger partial charge in [-0.25, -0.2) is 0 Å². The SMILES string of the molecule is COc1ccc([C@H]2Oc3c(c4c(c5c3[C@@H](c3ccc(O)cc3O)[C@H](O)[C@H](c3ccc(O)c(O)c3)O5)[C@H](c3ccc(O)cc3O)[C@H](O)[C@@H](c3ccc(O)c(O)c3)O4)C[C@@H]2O)cc1O. The topological polar surface area (TPSA) is 280 Å². The number of rotatable bonds is 6. The van der Waals surface area contributed by atoms with Gasteiger partial charge in [0.15, 0.2) is 46.7 Å². The minimum absolute atomic E-state index is 0.00902. The highest BCUT2D eigenvalue weighted by Gasteiger charge is 2.52. The number of methoxy groups -OCH3 is 1. The summed E-state index contributed by atoms with van der Waals surface area (Å²) in [6.45, 7) is 0. The molecule has 62 heavy (non-hydrogen) atoms. The van der Waals surface area contributed by atoms with E-state index in [9.17, 15) is 61.3 Å². The first-order valence-corrected chi connectivity index (χ1v) is 19.4. The quantitative estimate of drug-likeness (QED) is 0.0943. The van der Waals surface area contributed by atoms with E-state index in [0.717, 1.165) is 12.1 Å². The molecule has 9 rings (SSSR count). The van der Waals surface area contributed by atoms with Gasteiger partial charge >= 0.3 is 0 Å². The van der Waals surface area contributed by atoms with Crippen molar-refractivity contribution in [2.45, 2.75) is 54.9 Å². The fraction of sp³-hybridized carbons (Fsp3) is 0.217. The fourth-order valence-electron chi connectivity index (χ4n) is 8.94. The Hall–Kier alpha value is -7.40. The third-order valence-electron chi connectivity index (χ3n) is 11.8. The number of ether oxygens (including phenoxy) is 4. The van der Waals surface area contributed by atoms with Crippen molar-refractivity contribution in [3.05, 3.63) is 136 Å². The van der Waals surface area contributed by atoms with Crippen molar-refractivity contribution in [3.8, 4) is 74.7 Å². The molecule has 6 aromatic carbocycles. The van der Waals surface area contributed by atoms with Crippen LogP contribution in [0, 0.1) is 0 Å². The van der Waals surface area contributed by atoms with Crippen LogP contribution >= 0.6 is 0 Å². The molecule has 0 fully saturated rings. The molecule has 16 heteroatoms. The number of phenolic OH excluding ortho intramolecular Hbond substituents is 9. The molecule has 3 heterocycles. The first-order valence-electron chi connectivity index (χ1n) is 19.4. The van der Waals surface area contributed by atoms with Gasteiger partial charge in [-0.05, 0) is 65.2 Å². The molecule has 3 aliphatic rings. The highest BCUT2D eigenvalue weighted by molar-refractivity contribution is 5.72. The number of hydrogen-bond acceptors (Lipinski definition) is 16. The van der Waals surface area contributed by atoms with E-state index in [-0.39, 0.29) is 85.6 Å². The van der Waals surface area contributed by atoms with Crippen LogP contribution in [-0.4, -0.2) is 86.7 Å². The maximum Gasteiger partial charge on any atom is 0.160 e. The molecule has 16 nitrogen and oxygen atoms in total. The van der Waals surface area contributed by atoms with Crippen molar-refractivity contribution in [2.75, 3.05) is 7.11 Å². The zero-order valence-electron chi connectivity index (χ0n) is 32.5. The van der Waals surface area contributed by atoms with Crippen LogP contribution in [0.4, 0.5) is 0 Å². The molecule has 3 aliphatic heterocycles. The summed E-state index contributed by atoms with van der Waals surface area (Å²) in [6, 6.07) is 19.4. The molecule has 0 aliphatic carbocycles. The zero-order valence-corrected chi connectivity index (χ0v) is 32.5. The molecular weight excluding hydrogens is 808 g/mol. The number of aliphatic hydroxyl groups is 3. The smallest absolute Gasteiger partial charge is 0.160 e. The van der Waals surface area contributed by atoms with Crippen molar-refractivity contribution < 1.29 is 80.2 Å². The number of aromatic hydroxyl groups is 9. The third kappa shape index (κ3) is 6.43. The van der Waals surface area contributed by atoms with Gasteiger partial charge in [-0.1, -0.05) is 30.3 Å². The maximum absolute atomic E-state index is 12.5. The van der Waals surface area contributed by atoms with E-state index in [4.69, 9.17) is 18.9 Å². The van der Waals surface area contributed by atoms with E-state index in [1.807, 2.05) is 0 Å². The van der Waals surface area contributed by atoms with Crippen molar-refractivity contribution in [1.82, 2.24) is 0 Å². The van der Waals surface area contributed by atoms with E-state index in [0.29, 0.717) is 5.56 Å². The van der Waals surface area contributed by atoms with Crippen LogP contribution in [0.25, 0.3) is 0 Å². The summed E-state index contributed by atoms with van der Waals surface area (Å²) in [5, 5.41) is 133. The minimum Gasteiger partial charge on any atom is -0.508 e. The maximum atomic E-state index is 12.5. The molecule has 0 radical (unpaired) electrons. The molecule has 0 saturated carbocycles. The molecule has 0 saturated heterocycles. The van der Waals surface area contributed by atoms with E-state index in [1.54, 1.807) is 6.07 Å². The highest BCUT2D eigenvalue weighted by Crippen LogP contribution is 2.63. The predicted octanol–water partition coefficient (Wildman–Crippen LogP) is 5.34. The van der Waals surface area contributed by atoms with Crippen molar-refractivity contribution in [2.24, 2.45) is 0 Å². The lowest BCUT2D eigenvalue weighted by Gasteiger charge is -2.46. The average molecular weight is 849 g/mol. The number of fused-ring (bicyclic) bond motifs is 6. The number of benzene rings is 6. The van der Waals surface area contributed by atoms with Gasteiger partial charge in [0.1, 0.15) is 58.6 Å². The van der Waals surface area contributed by atoms with Crippen molar-refractivity contribution >= 4 is 0 Å². The standard InChI is InChI=1S/C46H40O16/c1-59-34-11-4-18(14-32(34)55)41-33(56)17-25-44(60-41)37-35(23-7-5-21(47)15-28(23)51)40(58)43(20-3-10-27(50)31(54)13-20)62-46(37)38-36(24-8-6-22(48)16-29(24)52)39(57)42(61-45(25)38)19-2-9-26(49)30(53)12-19/h2-16,33,35-36,39-43,47-58H,17H2,1H3/t33-,35+,36-,39-,40-,41+,42+,43-/m0/s1. The molecule has 0 amide bonds. The Bertz CT molecular complexity index is 2750. The van der Waals surface area contributed by atoms with Crippen molar-refractivity contribution in [3.63, 3.8) is 0 Å². The molecule has 0 unspecified atom stereocenters. The van der Waals surface area contributed by atoms with Crippen LogP contribution < -0.4 is 18.9 Å². The molecule has 8 atom stereocenters. The summed E-state index contributed by atoms with van der Waals surface area (Å²) in [7, 11) is 1.37. The van der Waals surface area contributed by atoms with Gasteiger partial charge in [-0.3, -0.25) is 0 Å².